The van der Waals surface area contributed by atoms with Gasteiger partial charge in [0.25, 0.3) is 5.56 Å². The predicted octanol–water partition coefficient (Wildman–Crippen LogP) is 4.40. The summed E-state index contributed by atoms with van der Waals surface area (Å²) in [4.78, 5) is 18.9. The zero-order valence-corrected chi connectivity index (χ0v) is 23.8. The van der Waals surface area contributed by atoms with Crippen LogP contribution < -0.4 is 11.3 Å². The molecule has 1 saturated heterocycles. The van der Waals surface area contributed by atoms with Crippen LogP contribution in [0.2, 0.25) is 36.3 Å². The van der Waals surface area contributed by atoms with Crippen molar-refractivity contribution in [2.24, 2.45) is 0 Å². The van der Waals surface area contributed by atoms with Crippen molar-refractivity contribution in [3.8, 4) is 0 Å². The third kappa shape index (κ3) is 5.42. The van der Waals surface area contributed by atoms with E-state index in [0.29, 0.717) is 24.1 Å². The molecule has 0 unspecified atom stereocenters. The standard InChI is InChI=1S/C22H41N5O4Si2/c1-21(2,3)32(7,8)29-13-16-15(31-33(9,10)22(4,5)6)11-17(30-16)27-12-14-18(26-27)24-20(23)25-19(14)28/h12,15-17H,11,13H2,1-10H3,(H3,23,24,25,26,28)/t15-,16+,17+/m0/s1. The van der Waals surface area contributed by atoms with Crippen LogP contribution in [0.3, 0.4) is 0 Å². The molecule has 0 amide bonds. The number of aromatic amines is 1. The average Bonchev–Trinajstić information content (AvgIpc) is 3.22. The van der Waals surface area contributed by atoms with Crippen LogP contribution in [0.4, 0.5) is 5.95 Å². The Morgan fingerprint density at radius 1 is 1.15 bits per heavy atom. The molecule has 1 fully saturated rings. The van der Waals surface area contributed by atoms with Crippen molar-refractivity contribution in [1.29, 1.82) is 0 Å². The Bertz CT molecular complexity index is 1050. The van der Waals surface area contributed by atoms with Gasteiger partial charge in [0, 0.05) is 12.6 Å². The highest BCUT2D eigenvalue weighted by Gasteiger charge is 2.46. The monoisotopic (exact) mass is 495 g/mol. The van der Waals surface area contributed by atoms with E-state index in [0.717, 1.165) is 0 Å². The Kier molecular flexibility index (Phi) is 6.79. The van der Waals surface area contributed by atoms with E-state index in [2.05, 4.69) is 82.8 Å². The van der Waals surface area contributed by atoms with Crippen molar-refractivity contribution in [1.82, 2.24) is 19.7 Å². The molecule has 2 aromatic heterocycles. The van der Waals surface area contributed by atoms with Gasteiger partial charge in [-0.1, -0.05) is 41.5 Å². The lowest BCUT2D eigenvalue weighted by Gasteiger charge is -2.40. The molecule has 1 aliphatic rings. The highest BCUT2D eigenvalue weighted by Crippen LogP contribution is 2.42. The molecular weight excluding hydrogens is 454 g/mol. The number of hydrogen-bond acceptors (Lipinski definition) is 7. The maximum atomic E-state index is 12.3. The van der Waals surface area contributed by atoms with Crippen molar-refractivity contribution < 1.29 is 13.6 Å². The number of hydrogen-bond donors (Lipinski definition) is 2. The molecule has 0 bridgehead atoms. The second-order valence-electron chi connectivity index (χ2n) is 12.2. The van der Waals surface area contributed by atoms with Crippen molar-refractivity contribution >= 4 is 33.6 Å². The molecule has 0 spiro atoms. The van der Waals surface area contributed by atoms with Crippen LogP contribution in [0.25, 0.3) is 11.0 Å². The second-order valence-corrected chi connectivity index (χ2v) is 21.7. The summed E-state index contributed by atoms with van der Waals surface area (Å²) in [6.07, 6.45) is 1.58. The summed E-state index contributed by atoms with van der Waals surface area (Å²) in [5, 5.41) is 5.05. The summed E-state index contributed by atoms with van der Waals surface area (Å²) in [5.41, 5.74) is 5.68. The molecule has 3 N–H and O–H groups in total. The Labute approximate surface area is 198 Å². The van der Waals surface area contributed by atoms with E-state index in [1.54, 1.807) is 10.9 Å². The van der Waals surface area contributed by atoms with E-state index in [4.69, 9.17) is 19.3 Å². The molecule has 11 heteroatoms. The fourth-order valence-corrected chi connectivity index (χ4v) is 5.67. The molecule has 33 heavy (non-hydrogen) atoms. The zero-order valence-electron chi connectivity index (χ0n) is 21.8. The van der Waals surface area contributed by atoms with Crippen molar-refractivity contribution in [2.75, 3.05) is 12.3 Å². The number of aromatic nitrogens is 4. The molecule has 3 rings (SSSR count). The molecule has 0 aromatic carbocycles. The zero-order chi connectivity index (χ0) is 25.0. The van der Waals surface area contributed by atoms with Crippen LogP contribution >= 0.6 is 0 Å². The molecular formula is C22H41N5O4Si2. The first-order chi connectivity index (χ1) is 14.9. The van der Waals surface area contributed by atoms with E-state index in [1.165, 1.54) is 0 Å². The van der Waals surface area contributed by atoms with Crippen LogP contribution in [0, 0.1) is 0 Å². The lowest BCUT2D eigenvalue weighted by Crippen LogP contribution is -2.48. The average molecular weight is 496 g/mol. The topological polar surface area (TPSA) is 117 Å². The van der Waals surface area contributed by atoms with Gasteiger partial charge in [-0.3, -0.25) is 9.78 Å². The molecule has 186 valence electrons. The van der Waals surface area contributed by atoms with Gasteiger partial charge >= 0.3 is 0 Å². The first-order valence-electron chi connectivity index (χ1n) is 11.6. The van der Waals surface area contributed by atoms with E-state index in [-0.39, 0.29) is 40.0 Å². The van der Waals surface area contributed by atoms with Crippen LogP contribution in [-0.2, 0) is 13.6 Å². The van der Waals surface area contributed by atoms with Gasteiger partial charge < -0.3 is 19.3 Å². The number of rotatable bonds is 6. The maximum absolute atomic E-state index is 12.3. The lowest BCUT2D eigenvalue weighted by atomic mass is 10.2. The first kappa shape index (κ1) is 26.1. The van der Waals surface area contributed by atoms with E-state index >= 15 is 0 Å². The highest BCUT2D eigenvalue weighted by atomic mass is 28.4. The van der Waals surface area contributed by atoms with E-state index < -0.39 is 16.6 Å². The van der Waals surface area contributed by atoms with Crippen molar-refractivity contribution in [3.63, 3.8) is 0 Å². The molecule has 3 atom stereocenters. The summed E-state index contributed by atoms with van der Waals surface area (Å²) in [5.74, 6) is 0.0462. The second kappa shape index (κ2) is 8.60. The Balaban J connectivity index is 1.88. The molecule has 0 saturated carbocycles. The number of nitrogen functional groups attached to an aromatic ring is 1. The number of nitrogens with one attached hydrogen (secondary N) is 1. The number of nitrogens with two attached hydrogens (primary N) is 1. The van der Waals surface area contributed by atoms with Gasteiger partial charge in [0.1, 0.15) is 11.5 Å². The van der Waals surface area contributed by atoms with Gasteiger partial charge in [-0.15, -0.1) is 5.10 Å². The number of nitrogens with zero attached hydrogens (tertiary/aromatic N) is 3. The third-order valence-electron chi connectivity index (χ3n) is 7.57. The smallest absolute Gasteiger partial charge is 0.263 e. The van der Waals surface area contributed by atoms with Crippen LogP contribution in [0.1, 0.15) is 54.2 Å². The Hall–Kier alpha value is -1.54. The summed E-state index contributed by atoms with van der Waals surface area (Å²) in [6, 6.07) is 0. The summed E-state index contributed by atoms with van der Waals surface area (Å²) in [6.45, 7) is 22.8. The van der Waals surface area contributed by atoms with Crippen LogP contribution in [-0.4, -0.2) is 55.2 Å². The van der Waals surface area contributed by atoms with Crippen LogP contribution in [0.15, 0.2) is 11.0 Å². The normalized spacial score (nSPS) is 22.9. The number of anilines is 1. The Morgan fingerprint density at radius 3 is 2.33 bits per heavy atom. The largest absolute Gasteiger partial charge is 0.414 e. The fraction of sp³-hybridized carbons (Fsp3) is 0.773. The Morgan fingerprint density at radius 2 is 1.76 bits per heavy atom. The summed E-state index contributed by atoms with van der Waals surface area (Å²) >= 11 is 0. The van der Waals surface area contributed by atoms with Gasteiger partial charge in [-0.25, -0.2) is 4.68 Å². The third-order valence-corrected chi connectivity index (χ3v) is 16.6. The molecule has 0 aliphatic carbocycles. The van der Waals surface area contributed by atoms with Gasteiger partial charge in [0.05, 0.1) is 12.7 Å². The summed E-state index contributed by atoms with van der Waals surface area (Å²) in [7, 11) is -3.99. The molecule has 1 aliphatic heterocycles. The quantitative estimate of drug-likeness (QED) is 0.570. The SMILES string of the molecule is CC(C)(C)[Si](C)(C)OC[C@H]1O[C@@H](n2cc3c(=O)[nH]c(N)nc3n2)C[C@@H]1O[Si](C)(C)C(C)(C)C. The van der Waals surface area contributed by atoms with Gasteiger partial charge in [-0.2, -0.15) is 4.98 Å². The first-order valence-corrected chi connectivity index (χ1v) is 17.4. The van der Waals surface area contributed by atoms with Crippen molar-refractivity contribution in [3.05, 3.63) is 16.6 Å². The van der Waals surface area contributed by atoms with E-state index in [9.17, 15) is 4.79 Å². The number of ether oxygens (including phenoxy) is 1. The summed E-state index contributed by atoms with van der Waals surface area (Å²) < 4.78 is 21.4. The van der Waals surface area contributed by atoms with Crippen molar-refractivity contribution in [2.45, 2.75) is 103 Å². The highest BCUT2D eigenvalue weighted by molar-refractivity contribution is 6.74. The fourth-order valence-electron chi connectivity index (χ4n) is 3.30. The number of fused-ring (bicyclic) bond motifs is 1. The molecule has 0 radical (unpaired) electrons. The van der Waals surface area contributed by atoms with Gasteiger partial charge in [0.15, 0.2) is 28.5 Å². The van der Waals surface area contributed by atoms with Gasteiger partial charge in [0.2, 0.25) is 5.95 Å². The predicted molar refractivity (Wildman–Crippen MR) is 136 cm³/mol. The minimum absolute atomic E-state index is 0.0462. The van der Waals surface area contributed by atoms with Crippen LogP contribution in [0.5, 0.6) is 0 Å². The molecule has 9 nitrogen and oxygen atoms in total. The van der Waals surface area contributed by atoms with Gasteiger partial charge in [-0.05, 0) is 36.3 Å². The minimum atomic E-state index is -2.04. The molecule has 3 heterocycles. The maximum Gasteiger partial charge on any atom is 0.263 e. The lowest BCUT2D eigenvalue weighted by molar-refractivity contribution is -0.0436. The minimum Gasteiger partial charge on any atom is -0.414 e. The number of H-pyrrole nitrogens is 1. The van der Waals surface area contributed by atoms with E-state index in [1.807, 2.05) is 0 Å². The molecule has 2 aromatic rings.